The number of amides is 1. The maximum absolute atomic E-state index is 11.1. The molecule has 0 saturated carbocycles. The van der Waals surface area contributed by atoms with Crippen LogP contribution in [0.5, 0.6) is 0 Å². The van der Waals surface area contributed by atoms with Gasteiger partial charge in [-0.2, -0.15) is 0 Å². The maximum atomic E-state index is 11.1. The second-order valence-electron chi connectivity index (χ2n) is 4.67. The Labute approximate surface area is 113 Å². The Morgan fingerprint density at radius 3 is 2.47 bits per heavy atom. The van der Waals surface area contributed by atoms with Crippen LogP contribution in [0.2, 0.25) is 0 Å². The van der Waals surface area contributed by atoms with Crippen molar-refractivity contribution in [3.8, 4) is 0 Å². The number of nitrogens with two attached hydrogens (primary N) is 1. The third-order valence-corrected chi connectivity index (χ3v) is 3.24. The van der Waals surface area contributed by atoms with Crippen LogP contribution in [-0.4, -0.2) is 5.91 Å². The minimum atomic E-state index is -0.387. The number of aryl methyl sites for hydroxylation is 2. The lowest BCUT2D eigenvalue weighted by Gasteiger charge is -2.11. The lowest BCUT2D eigenvalue weighted by atomic mass is 10.0. The van der Waals surface area contributed by atoms with E-state index in [0.717, 1.165) is 23.4 Å². The minimum absolute atomic E-state index is 0.387. The van der Waals surface area contributed by atoms with Crippen molar-refractivity contribution in [2.75, 3.05) is 5.32 Å². The van der Waals surface area contributed by atoms with Crippen LogP contribution in [-0.2, 0) is 6.54 Å². The predicted octanol–water partition coefficient (Wildman–Crippen LogP) is 3.01. The molecule has 0 aliphatic carbocycles. The molecule has 0 heterocycles. The van der Waals surface area contributed by atoms with Gasteiger partial charge in [0, 0.05) is 17.8 Å². The Morgan fingerprint density at radius 1 is 1.11 bits per heavy atom. The fraction of sp³-hybridized carbons (Fsp3) is 0.188. The Bertz CT molecular complexity index is 605. The summed E-state index contributed by atoms with van der Waals surface area (Å²) in [6.07, 6.45) is 0. The largest absolute Gasteiger partial charge is 0.381 e. The zero-order valence-electron chi connectivity index (χ0n) is 11.2. The monoisotopic (exact) mass is 254 g/mol. The van der Waals surface area contributed by atoms with E-state index in [9.17, 15) is 4.79 Å². The van der Waals surface area contributed by atoms with E-state index in [0.29, 0.717) is 5.56 Å². The molecule has 2 aromatic carbocycles. The number of para-hydroxylation sites is 1. The fourth-order valence-electron chi connectivity index (χ4n) is 2.01. The van der Waals surface area contributed by atoms with Crippen molar-refractivity contribution in [3.63, 3.8) is 0 Å². The molecule has 0 aliphatic rings. The zero-order valence-corrected chi connectivity index (χ0v) is 11.2. The van der Waals surface area contributed by atoms with E-state index in [1.165, 1.54) is 5.56 Å². The van der Waals surface area contributed by atoms with Crippen molar-refractivity contribution in [1.82, 2.24) is 0 Å². The van der Waals surface area contributed by atoms with Crippen molar-refractivity contribution in [1.29, 1.82) is 0 Å². The molecule has 0 bridgehead atoms. The summed E-state index contributed by atoms with van der Waals surface area (Å²) in [6, 6.07) is 13.7. The number of hydrogen-bond acceptors (Lipinski definition) is 2. The van der Waals surface area contributed by atoms with E-state index >= 15 is 0 Å². The summed E-state index contributed by atoms with van der Waals surface area (Å²) in [5.74, 6) is -0.387. The SMILES string of the molecule is Cc1cc(C(N)=O)ccc1CNc1ccccc1C. The van der Waals surface area contributed by atoms with Crippen molar-refractivity contribution in [2.45, 2.75) is 20.4 Å². The molecule has 0 aliphatic heterocycles. The number of carbonyl (C=O) groups is 1. The van der Waals surface area contributed by atoms with Gasteiger partial charge < -0.3 is 11.1 Å². The lowest BCUT2D eigenvalue weighted by molar-refractivity contribution is 0.1000. The molecule has 98 valence electrons. The van der Waals surface area contributed by atoms with E-state index in [1.54, 1.807) is 6.07 Å². The van der Waals surface area contributed by atoms with Crippen LogP contribution >= 0.6 is 0 Å². The first-order chi connectivity index (χ1) is 9.08. The van der Waals surface area contributed by atoms with Crippen LogP contribution in [0, 0.1) is 13.8 Å². The Morgan fingerprint density at radius 2 is 1.84 bits per heavy atom. The maximum Gasteiger partial charge on any atom is 0.248 e. The highest BCUT2D eigenvalue weighted by molar-refractivity contribution is 5.93. The Hall–Kier alpha value is -2.29. The molecule has 3 nitrogen and oxygen atoms in total. The van der Waals surface area contributed by atoms with Crippen LogP contribution in [0.3, 0.4) is 0 Å². The molecule has 0 atom stereocenters. The molecule has 0 saturated heterocycles. The number of primary amides is 1. The summed E-state index contributed by atoms with van der Waals surface area (Å²) in [6.45, 7) is 4.79. The van der Waals surface area contributed by atoms with Gasteiger partial charge in [-0.05, 0) is 48.7 Å². The molecule has 0 spiro atoms. The molecule has 1 amide bonds. The van der Waals surface area contributed by atoms with Crippen LogP contribution in [0.1, 0.15) is 27.0 Å². The van der Waals surface area contributed by atoms with E-state index in [2.05, 4.69) is 24.4 Å². The third-order valence-electron chi connectivity index (χ3n) is 3.24. The first-order valence-corrected chi connectivity index (χ1v) is 6.27. The molecule has 3 N–H and O–H groups in total. The summed E-state index contributed by atoms with van der Waals surface area (Å²) in [5.41, 5.74) is 10.4. The summed E-state index contributed by atoms with van der Waals surface area (Å²) in [4.78, 5) is 11.1. The first-order valence-electron chi connectivity index (χ1n) is 6.27. The predicted molar refractivity (Wildman–Crippen MR) is 78.2 cm³/mol. The van der Waals surface area contributed by atoms with Crippen LogP contribution in [0.4, 0.5) is 5.69 Å². The topological polar surface area (TPSA) is 55.1 Å². The van der Waals surface area contributed by atoms with Crippen LogP contribution < -0.4 is 11.1 Å². The third kappa shape index (κ3) is 3.13. The van der Waals surface area contributed by atoms with Gasteiger partial charge in [0.1, 0.15) is 0 Å². The highest BCUT2D eigenvalue weighted by Gasteiger charge is 2.04. The number of nitrogens with one attached hydrogen (secondary N) is 1. The zero-order chi connectivity index (χ0) is 13.8. The van der Waals surface area contributed by atoms with Gasteiger partial charge >= 0.3 is 0 Å². The first kappa shape index (κ1) is 13.1. The number of hydrogen-bond donors (Lipinski definition) is 2. The summed E-state index contributed by atoms with van der Waals surface area (Å²) >= 11 is 0. The molecule has 2 aromatic rings. The van der Waals surface area contributed by atoms with Gasteiger partial charge in [0.15, 0.2) is 0 Å². The highest BCUT2D eigenvalue weighted by Crippen LogP contribution is 2.16. The molecule has 3 heteroatoms. The minimum Gasteiger partial charge on any atom is -0.381 e. The van der Waals surface area contributed by atoms with Gasteiger partial charge in [0.25, 0.3) is 0 Å². The van der Waals surface area contributed by atoms with Gasteiger partial charge in [-0.3, -0.25) is 4.79 Å². The van der Waals surface area contributed by atoms with E-state index in [-0.39, 0.29) is 5.91 Å². The van der Waals surface area contributed by atoms with Crippen molar-refractivity contribution in [3.05, 3.63) is 64.7 Å². The summed E-state index contributed by atoms with van der Waals surface area (Å²) < 4.78 is 0. The number of benzene rings is 2. The normalized spacial score (nSPS) is 10.2. The molecule has 0 unspecified atom stereocenters. The van der Waals surface area contributed by atoms with E-state index in [4.69, 9.17) is 5.73 Å². The quantitative estimate of drug-likeness (QED) is 0.881. The number of anilines is 1. The van der Waals surface area contributed by atoms with Crippen molar-refractivity contribution < 1.29 is 4.79 Å². The molecule has 2 rings (SSSR count). The Kier molecular flexibility index (Phi) is 3.85. The van der Waals surface area contributed by atoms with Crippen molar-refractivity contribution >= 4 is 11.6 Å². The molecule has 19 heavy (non-hydrogen) atoms. The fourth-order valence-corrected chi connectivity index (χ4v) is 2.01. The van der Waals surface area contributed by atoms with Gasteiger partial charge in [-0.25, -0.2) is 0 Å². The highest BCUT2D eigenvalue weighted by atomic mass is 16.1. The van der Waals surface area contributed by atoms with Crippen molar-refractivity contribution in [2.24, 2.45) is 5.73 Å². The van der Waals surface area contributed by atoms with E-state index in [1.807, 2.05) is 31.2 Å². The van der Waals surface area contributed by atoms with Crippen LogP contribution in [0.25, 0.3) is 0 Å². The smallest absolute Gasteiger partial charge is 0.248 e. The number of rotatable bonds is 4. The molecular weight excluding hydrogens is 236 g/mol. The van der Waals surface area contributed by atoms with Gasteiger partial charge in [-0.15, -0.1) is 0 Å². The second kappa shape index (κ2) is 5.57. The lowest BCUT2D eigenvalue weighted by Crippen LogP contribution is -2.12. The standard InChI is InChI=1S/C16H18N2O/c1-11-5-3-4-6-15(11)18-10-14-8-7-13(16(17)19)9-12(14)2/h3-9,18H,10H2,1-2H3,(H2,17,19). The Balaban J connectivity index is 2.12. The molecule has 0 aromatic heterocycles. The second-order valence-corrected chi connectivity index (χ2v) is 4.67. The molecule has 0 fully saturated rings. The summed E-state index contributed by atoms with van der Waals surface area (Å²) in [7, 11) is 0. The van der Waals surface area contributed by atoms with Gasteiger partial charge in [0.05, 0.1) is 0 Å². The van der Waals surface area contributed by atoms with Gasteiger partial charge in [-0.1, -0.05) is 24.3 Å². The average molecular weight is 254 g/mol. The average Bonchev–Trinajstić information content (AvgIpc) is 2.39. The number of carbonyl (C=O) groups excluding carboxylic acids is 1. The van der Waals surface area contributed by atoms with E-state index < -0.39 is 0 Å². The molecule has 0 radical (unpaired) electrons. The summed E-state index contributed by atoms with van der Waals surface area (Å²) in [5, 5.41) is 3.40. The van der Waals surface area contributed by atoms with Crippen LogP contribution in [0.15, 0.2) is 42.5 Å². The molecular formula is C16H18N2O. The van der Waals surface area contributed by atoms with Gasteiger partial charge in [0.2, 0.25) is 5.91 Å².